The largest absolute Gasteiger partial charge is 0.505 e. The minimum Gasteiger partial charge on any atom is -0.505 e. The monoisotopic (exact) mass is 522 g/mol. The normalized spacial score (nSPS) is 12.8. The topological polar surface area (TPSA) is 184 Å². The molecule has 0 aliphatic heterocycles. The van der Waals surface area contributed by atoms with Gasteiger partial charge in [0.25, 0.3) is 5.91 Å². The Balaban J connectivity index is 1.68. The van der Waals surface area contributed by atoms with Gasteiger partial charge in [-0.3, -0.25) is 15.0 Å². The number of sulfonamides is 1. The van der Waals surface area contributed by atoms with E-state index in [0.717, 1.165) is 34.7 Å². The summed E-state index contributed by atoms with van der Waals surface area (Å²) in [6.45, 7) is -0.325. The van der Waals surface area contributed by atoms with Crippen molar-refractivity contribution in [2.24, 2.45) is 11.6 Å². The van der Waals surface area contributed by atoms with Crippen LogP contribution in [-0.4, -0.2) is 47.2 Å². The van der Waals surface area contributed by atoms with Crippen molar-refractivity contribution < 1.29 is 27.9 Å². The average Bonchev–Trinajstić information content (AvgIpc) is 3.35. The van der Waals surface area contributed by atoms with E-state index in [1.807, 2.05) is 0 Å². The van der Waals surface area contributed by atoms with Crippen molar-refractivity contribution in [3.63, 3.8) is 0 Å². The molecule has 0 saturated heterocycles. The molecule has 35 heavy (non-hydrogen) atoms. The molecule has 2 heterocycles. The van der Waals surface area contributed by atoms with Gasteiger partial charge in [0.2, 0.25) is 10.0 Å². The van der Waals surface area contributed by atoms with E-state index in [-0.39, 0.29) is 22.9 Å². The number of nitrogens with one attached hydrogen (secondary N) is 2. The van der Waals surface area contributed by atoms with Crippen LogP contribution in [0.5, 0.6) is 5.75 Å². The van der Waals surface area contributed by atoms with Gasteiger partial charge in [-0.25, -0.2) is 28.9 Å². The summed E-state index contributed by atoms with van der Waals surface area (Å²) < 4.78 is 41.3. The number of carbonyl (C=O) groups excluding carboxylic acids is 1. The Bertz CT molecular complexity index is 1320. The van der Waals surface area contributed by atoms with Gasteiger partial charge in [0.1, 0.15) is 10.3 Å². The minimum absolute atomic E-state index is 0.0368. The molecule has 2 aromatic heterocycles. The molecule has 1 atom stereocenters. The van der Waals surface area contributed by atoms with E-state index in [1.165, 1.54) is 17.6 Å². The second-order valence-electron chi connectivity index (χ2n) is 7.29. The molecule has 0 radical (unpaired) electrons. The van der Waals surface area contributed by atoms with Gasteiger partial charge >= 0.3 is 0 Å². The lowest BCUT2D eigenvalue weighted by atomic mass is 10.0. The van der Waals surface area contributed by atoms with Crippen LogP contribution in [0, 0.1) is 5.82 Å². The fraction of sp³-hybridized carbons (Fsp3) is 0.143. The zero-order chi connectivity index (χ0) is 25.6. The number of phenolic OH excluding ortho intramolecular Hbond substituents is 1. The van der Waals surface area contributed by atoms with E-state index in [2.05, 4.69) is 9.71 Å². The summed E-state index contributed by atoms with van der Waals surface area (Å²) >= 11 is 1.04. The smallest absolute Gasteiger partial charge is 0.267 e. The van der Waals surface area contributed by atoms with E-state index >= 15 is 0 Å². The second-order valence-corrected chi connectivity index (χ2v) is 10.4. The molecule has 1 amide bonds. The maximum atomic E-state index is 13.6. The van der Waals surface area contributed by atoms with Gasteiger partial charge in [-0.2, -0.15) is 0 Å². The predicted octanol–water partition coefficient (Wildman–Crippen LogP) is 1.03. The Morgan fingerprint density at radius 3 is 2.69 bits per heavy atom. The van der Waals surface area contributed by atoms with E-state index in [9.17, 15) is 22.7 Å². The third-order valence-corrected chi connectivity index (χ3v) is 7.76. The van der Waals surface area contributed by atoms with Gasteiger partial charge < -0.3 is 15.8 Å². The molecule has 0 saturated carbocycles. The Hall–Kier alpha value is -3.56. The molecule has 3 aromatic rings. The Labute approximate surface area is 204 Å². The fourth-order valence-electron chi connectivity index (χ4n) is 3.00. The van der Waals surface area contributed by atoms with Crippen LogP contribution < -0.4 is 21.8 Å². The van der Waals surface area contributed by atoms with Gasteiger partial charge in [0.05, 0.1) is 17.1 Å². The standard InChI is InChI=1S/C21H23FN6O5S2/c22-15-9-13(4-5-18(15)29)10-17(21(30)27-31)28(24)12-14(23)11-26-35(32,33)20-7-6-19(34-20)16-3-1-2-8-25-16/h1-9,12,17,26,29,31H,10-11,23-24H2,(H,27,30)/b14-12-/t17-/m0/s1. The van der Waals surface area contributed by atoms with Crippen molar-refractivity contribution in [3.05, 3.63) is 78.0 Å². The molecule has 0 spiro atoms. The van der Waals surface area contributed by atoms with Crippen LogP contribution in [0.4, 0.5) is 4.39 Å². The molecule has 0 fully saturated rings. The molecular weight excluding hydrogens is 499 g/mol. The van der Waals surface area contributed by atoms with Crippen molar-refractivity contribution in [1.29, 1.82) is 0 Å². The number of carbonyl (C=O) groups is 1. The molecule has 14 heteroatoms. The first-order valence-electron chi connectivity index (χ1n) is 10.0. The number of hydrazine groups is 1. The summed E-state index contributed by atoms with van der Waals surface area (Å²) in [4.78, 5) is 17.0. The summed E-state index contributed by atoms with van der Waals surface area (Å²) in [7, 11) is -3.90. The number of pyridine rings is 1. The highest BCUT2D eigenvalue weighted by molar-refractivity contribution is 7.91. The molecule has 0 aliphatic rings. The number of aromatic hydroxyl groups is 1. The number of nitrogens with zero attached hydrogens (tertiary/aromatic N) is 2. The lowest BCUT2D eigenvalue weighted by Crippen LogP contribution is -2.49. The van der Waals surface area contributed by atoms with E-state index in [0.29, 0.717) is 16.1 Å². The molecule has 0 aliphatic carbocycles. The summed E-state index contributed by atoms with van der Waals surface area (Å²) in [5.41, 5.74) is 8.27. The van der Waals surface area contributed by atoms with E-state index in [1.54, 1.807) is 30.5 Å². The number of amides is 1. The molecule has 1 aromatic carbocycles. The van der Waals surface area contributed by atoms with Crippen LogP contribution in [-0.2, 0) is 21.2 Å². The Kier molecular flexibility index (Phi) is 8.37. The number of hydrogen-bond acceptors (Lipinski definition) is 10. The van der Waals surface area contributed by atoms with Crippen molar-refractivity contribution in [1.82, 2.24) is 20.2 Å². The van der Waals surface area contributed by atoms with Crippen LogP contribution in [0.15, 0.2) is 70.8 Å². The highest BCUT2D eigenvalue weighted by Crippen LogP contribution is 2.29. The quantitative estimate of drug-likeness (QED) is 0.129. The third kappa shape index (κ3) is 6.74. The van der Waals surface area contributed by atoms with Crippen LogP contribution >= 0.6 is 11.3 Å². The number of phenols is 1. The zero-order valence-electron chi connectivity index (χ0n) is 18.1. The van der Waals surface area contributed by atoms with E-state index in [4.69, 9.17) is 16.8 Å². The molecule has 0 unspecified atom stereocenters. The van der Waals surface area contributed by atoms with Gasteiger partial charge in [-0.05, 0) is 42.0 Å². The minimum atomic E-state index is -3.90. The van der Waals surface area contributed by atoms with Crippen molar-refractivity contribution in [2.45, 2.75) is 16.7 Å². The highest BCUT2D eigenvalue weighted by atomic mass is 32.2. The van der Waals surface area contributed by atoms with Crippen LogP contribution in [0.3, 0.4) is 0 Å². The second kappa shape index (κ2) is 11.2. The Morgan fingerprint density at radius 2 is 2.03 bits per heavy atom. The Morgan fingerprint density at radius 1 is 1.26 bits per heavy atom. The summed E-state index contributed by atoms with van der Waals surface area (Å²) in [6, 6.07) is 10.7. The first kappa shape index (κ1) is 26.1. The lowest BCUT2D eigenvalue weighted by molar-refractivity contribution is -0.134. The first-order valence-corrected chi connectivity index (χ1v) is 12.3. The molecule has 0 bridgehead atoms. The van der Waals surface area contributed by atoms with Gasteiger partial charge in [0, 0.05) is 24.5 Å². The molecule has 3 rings (SSSR count). The molecular formula is C21H23FN6O5S2. The first-order chi connectivity index (χ1) is 16.6. The molecule has 186 valence electrons. The highest BCUT2D eigenvalue weighted by Gasteiger charge is 2.24. The summed E-state index contributed by atoms with van der Waals surface area (Å²) in [6.07, 6.45) is 2.57. The predicted molar refractivity (Wildman–Crippen MR) is 127 cm³/mol. The fourth-order valence-corrected chi connectivity index (χ4v) is 5.34. The SMILES string of the molecule is N/C(=C\N(N)[C@@H](Cc1ccc(O)c(F)c1)C(=O)NO)CNS(=O)(=O)c1ccc(-c2ccccn2)s1. The van der Waals surface area contributed by atoms with Crippen molar-refractivity contribution >= 4 is 27.3 Å². The summed E-state index contributed by atoms with van der Waals surface area (Å²) in [5.74, 6) is 3.55. The third-order valence-electron chi connectivity index (χ3n) is 4.76. The van der Waals surface area contributed by atoms with Crippen LogP contribution in [0.1, 0.15) is 5.56 Å². The number of rotatable bonds is 10. The van der Waals surface area contributed by atoms with Crippen molar-refractivity contribution in [3.8, 4) is 16.3 Å². The lowest BCUT2D eigenvalue weighted by Gasteiger charge is -2.25. The van der Waals surface area contributed by atoms with Crippen LogP contribution in [0.25, 0.3) is 10.6 Å². The number of halogens is 1. The number of aromatic nitrogens is 1. The van der Waals surface area contributed by atoms with Crippen LogP contribution in [0.2, 0.25) is 0 Å². The van der Waals surface area contributed by atoms with Crippen molar-refractivity contribution in [2.75, 3.05) is 6.54 Å². The number of thiophene rings is 1. The summed E-state index contributed by atoms with van der Waals surface area (Å²) in [5, 5.41) is 19.2. The van der Waals surface area contributed by atoms with Gasteiger partial charge in [-0.1, -0.05) is 12.1 Å². The maximum absolute atomic E-state index is 13.6. The van der Waals surface area contributed by atoms with Gasteiger partial charge in [0.15, 0.2) is 11.6 Å². The zero-order valence-corrected chi connectivity index (χ0v) is 19.8. The number of hydrogen-bond donors (Lipinski definition) is 6. The van der Waals surface area contributed by atoms with E-state index < -0.39 is 33.5 Å². The number of hydroxylamine groups is 1. The average molecular weight is 523 g/mol. The molecule has 11 nitrogen and oxygen atoms in total. The number of nitrogens with two attached hydrogens (primary N) is 2. The maximum Gasteiger partial charge on any atom is 0.267 e. The molecule has 8 N–H and O–H groups in total. The number of benzene rings is 1. The van der Waals surface area contributed by atoms with Gasteiger partial charge in [-0.15, -0.1) is 11.3 Å².